The average Bonchev–Trinajstić information content (AvgIpc) is 3.00. The Hall–Kier alpha value is -2.74. The van der Waals surface area contributed by atoms with Gasteiger partial charge in [0.1, 0.15) is 6.33 Å². The zero-order valence-corrected chi connectivity index (χ0v) is 14.8. The number of hydrogen-bond donors (Lipinski definition) is 1. The first-order valence-corrected chi connectivity index (χ1v) is 8.14. The van der Waals surface area contributed by atoms with E-state index in [-0.39, 0.29) is 12.4 Å². The standard InChI is InChI=1S/C17H14BrFN4O2/c1-23-10-20-22-17(23)11-3-2-4-13(7-11)21-16(24)9-25-15-6-5-12(18)8-14(15)19/h2-8,10H,9H2,1H3,(H,21,24). The molecule has 0 saturated carbocycles. The number of carbonyl (C=O) groups is 1. The van der Waals surface area contributed by atoms with Crippen LogP contribution in [0.1, 0.15) is 0 Å². The lowest BCUT2D eigenvalue weighted by Gasteiger charge is -2.09. The Morgan fingerprint density at radius 3 is 2.88 bits per heavy atom. The van der Waals surface area contributed by atoms with Crippen LogP contribution in [0.25, 0.3) is 11.4 Å². The molecule has 128 valence electrons. The highest BCUT2D eigenvalue weighted by Crippen LogP contribution is 2.22. The molecule has 0 spiro atoms. The first kappa shape index (κ1) is 17.1. The molecule has 0 bridgehead atoms. The second-order valence-electron chi connectivity index (χ2n) is 5.26. The number of halogens is 2. The van der Waals surface area contributed by atoms with Crippen molar-refractivity contribution in [1.29, 1.82) is 0 Å². The molecule has 0 aliphatic rings. The maximum absolute atomic E-state index is 13.7. The van der Waals surface area contributed by atoms with Crippen LogP contribution < -0.4 is 10.1 Å². The highest BCUT2D eigenvalue weighted by molar-refractivity contribution is 9.10. The van der Waals surface area contributed by atoms with Gasteiger partial charge in [0.15, 0.2) is 24.0 Å². The minimum absolute atomic E-state index is 0.0196. The third kappa shape index (κ3) is 4.21. The van der Waals surface area contributed by atoms with Gasteiger partial charge in [0, 0.05) is 22.8 Å². The lowest BCUT2D eigenvalue weighted by atomic mass is 10.2. The molecule has 0 aliphatic carbocycles. The summed E-state index contributed by atoms with van der Waals surface area (Å²) in [6.45, 7) is -0.299. The Morgan fingerprint density at radius 2 is 2.16 bits per heavy atom. The molecule has 3 aromatic rings. The van der Waals surface area contributed by atoms with Crippen molar-refractivity contribution < 1.29 is 13.9 Å². The molecule has 6 nitrogen and oxygen atoms in total. The van der Waals surface area contributed by atoms with Gasteiger partial charge in [-0.3, -0.25) is 4.79 Å². The predicted octanol–water partition coefficient (Wildman–Crippen LogP) is 3.40. The summed E-state index contributed by atoms with van der Waals surface area (Å²) in [4.78, 5) is 12.0. The van der Waals surface area contributed by atoms with Gasteiger partial charge in [-0.1, -0.05) is 28.1 Å². The summed E-state index contributed by atoms with van der Waals surface area (Å²) in [5.41, 5.74) is 1.41. The number of carbonyl (C=O) groups excluding carboxylic acids is 1. The maximum Gasteiger partial charge on any atom is 0.262 e. The molecule has 1 aromatic heterocycles. The van der Waals surface area contributed by atoms with Gasteiger partial charge < -0.3 is 14.6 Å². The third-order valence-electron chi connectivity index (χ3n) is 3.37. The summed E-state index contributed by atoms with van der Waals surface area (Å²) >= 11 is 3.16. The van der Waals surface area contributed by atoms with E-state index in [1.54, 1.807) is 35.2 Å². The van der Waals surface area contributed by atoms with Crippen molar-refractivity contribution in [3.63, 3.8) is 0 Å². The number of amides is 1. The topological polar surface area (TPSA) is 69.0 Å². The van der Waals surface area contributed by atoms with E-state index >= 15 is 0 Å². The molecular formula is C17H14BrFN4O2. The molecule has 1 amide bonds. The van der Waals surface area contributed by atoms with E-state index in [4.69, 9.17) is 4.74 Å². The van der Waals surface area contributed by atoms with E-state index in [1.165, 1.54) is 12.1 Å². The van der Waals surface area contributed by atoms with Crippen molar-refractivity contribution in [3.8, 4) is 17.1 Å². The molecule has 25 heavy (non-hydrogen) atoms. The summed E-state index contributed by atoms with van der Waals surface area (Å²) in [6.07, 6.45) is 1.60. The molecule has 0 aliphatic heterocycles. The minimum atomic E-state index is -0.536. The molecule has 1 heterocycles. The predicted molar refractivity (Wildman–Crippen MR) is 94.7 cm³/mol. The van der Waals surface area contributed by atoms with Gasteiger partial charge in [-0.05, 0) is 30.3 Å². The highest BCUT2D eigenvalue weighted by Gasteiger charge is 2.10. The Balaban J connectivity index is 1.64. The number of ether oxygens (including phenoxy) is 1. The second-order valence-corrected chi connectivity index (χ2v) is 6.17. The number of nitrogens with one attached hydrogen (secondary N) is 1. The number of benzene rings is 2. The van der Waals surface area contributed by atoms with Gasteiger partial charge in [0.05, 0.1) is 0 Å². The fourth-order valence-corrected chi connectivity index (χ4v) is 2.55. The number of aryl methyl sites for hydroxylation is 1. The number of anilines is 1. The van der Waals surface area contributed by atoms with Gasteiger partial charge in [-0.15, -0.1) is 10.2 Å². The van der Waals surface area contributed by atoms with Crippen LogP contribution in [0.4, 0.5) is 10.1 Å². The van der Waals surface area contributed by atoms with Crippen LogP contribution in [0.5, 0.6) is 5.75 Å². The monoisotopic (exact) mass is 404 g/mol. The largest absolute Gasteiger partial charge is 0.481 e. The number of nitrogens with zero attached hydrogens (tertiary/aromatic N) is 3. The zero-order chi connectivity index (χ0) is 17.8. The van der Waals surface area contributed by atoms with E-state index in [2.05, 4.69) is 31.4 Å². The maximum atomic E-state index is 13.7. The van der Waals surface area contributed by atoms with Crippen molar-refractivity contribution in [3.05, 3.63) is 59.1 Å². The van der Waals surface area contributed by atoms with Crippen LogP contribution in [0.3, 0.4) is 0 Å². The van der Waals surface area contributed by atoms with E-state index in [1.807, 2.05) is 13.1 Å². The van der Waals surface area contributed by atoms with E-state index in [0.29, 0.717) is 16.0 Å². The van der Waals surface area contributed by atoms with Crippen molar-refractivity contribution in [1.82, 2.24) is 14.8 Å². The fourth-order valence-electron chi connectivity index (χ4n) is 2.21. The molecule has 0 saturated heterocycles. The smallest absolute Gasteiger partial charge is 0.262 e. The van der Waals surface area contributed by atoms with Gasteiger partial charge >= 0.3 is 0 Å². The Bertz CT molecular complexity index is 913. The van der Waals surface area contributed by atoms with Gasteiger partial charge in [-0.25, -0.2) is 4.39 Å². The molecule has 0 atom stereocenters. The van der Waals surface area contributed by atoms with Crippen LogP contribution in [0.2, 0.25) is 0 Å². The highest BCUT2D eigenvalue weighted by atomic mass is 79.9. The molecule has 8 heteroatoms. The van der Waals surface area contributed by atoms with Crippen molar-refractivity contribution in [2.75, 3.05) is 11.9 Å². The summed E-state index contributed by atoms with van der Waals surface area (Å²) in [7, 11) is 1.83. The molecule has 1 N–H and O–H groups in total. The lowest BCUT2D eigenvalue weighted by Crippen LogP contribution is -2.20. The van der Waals surface area contributed by atoms with Gasteiger partial charge in [0.25, 0.3) is 5.91 Å². The number of rotatable bonds is 5. The van der Waals surface area contributed by atoms with Crippen LogP contribution in [0.15, 0.2) is 53.3 Å². The third-order valence-corrected chi connectivity index (χ3v) is 3.86. The number of aromatic nitrogens is 3. The van der Waals surface area contributed by atoms with E-state index in [0.717, 1.165) is 5.56 Å². The van der Waals surface area contributed by atoms with Crippen LogP contribution in [0, 0.1) is 5.82 Å². The summed E-state index contributed by atoms with van der Waals surface area (Å²) in [5.74, 6) is -0.223. The SMILES string of the molecule is Cn1cnnc1-c1cccc(NC(=O)COc2ccc(Br)cc2F)c1. The van der Waals surface area contributed by atoms with E-state index < -0.39 is 11.7 Å². The molecule has 0 unspecified atom stereocenters. The first-order chi connectivity index (χ1) is 12.0. The quantitative estimate of drug-likeness (QED) is 0.707. The lowest BCUT2D eigenvalue weighted by molar-refractivity contribution is -0.118. The zero-order valence-electron chi connectivity index (χ0n) is 13.2. The summed E-state index contributed by atoms with van der Waals surface area (Å²) < 4.78 is 21.3. The van der Waals surface area contributed by atoms with Crippen molar-refractivity contribution >= 4 is 27.5 Å². The summed E-state index contributed by atoms with van der Waals surface area (Å²) in [5, 5.41) is 10.6. The Labute approximate surface area is 151 Å². The Morgan fingerprint density at radius 1 is 1.32 bits per heavy atom. The van der Waals surface area contributed by atoms with Crippen molar-refractivity contribution in [2.24, 2.45) is 7.05 Å². The normalized spacial score (nSPS) is 10.5. The van der Waals surface area contributed by atoms with Gasteiger partial charge in [0.2, 0.25) is 0 Å². The molecule has 0 radical (unpaired) electrons. The van der Waals surface area contributed by atoms with Crippen LogP contribution in [-0.2, 0) is 11.8 Å². The molecular weight excluding hydrogens is 391 g/mol. The summed E-state index contributed by atoms with van der Waals surface area (Å²) in [6, 6.07) is 11.6. The fraction of sp³-hybridized carbons (Fsp3) is 0.118. The minimum Gasteiger partial charge on any atom is -0.481 e. The Kier molecular flexibility index (Phi) is 5.08. The van der Waals surface area contributed by atoms with E-state index in [9.17, 15) is 9.18 Å². The van der Waals surface area contributed by atoms with Gasteiger partial charge in [-0.2, -0.15) is 0 Å². The molecule has 2 aromatic carbocycles. The van der Waals surface area contributed by atoms with Crippen LogP contribution in [-0.4, -0.2) is 27.3 Å². The molecule has 3 rings (SSSR count). The van der Waals surface area contributed by atoms with Crippen LogP contribution >= 0.6 is 15.9 Å². The number of hydrogen-bond acceptors (Lipinski definition) is 4. The second kappa shape index (κ2) is 7.43. The first-order valence-electron chi connectivity index (χ1n) is 7.35. The molecule has 0 fully saturated rings. The van der Waals surface area contributed by atoms with Crippen molar-refractivity contribution in [2.45, 2.75) is 0 Å². The average molecular weight is 405 g/mol.